The molecule has 21 heavy (non-hydrogen) atoms. The molecule has 8 nitrogen and oxygen atoms in total. The minimum Gasteiger partial charge on any atom is -0.423 e. The van der Waals surface area contributed by atoms with E-state index < -0.39 is 4.92 Å². The van der Waals surface area contributed by atoms with Crippen molar-refractivity contribution < 1.29 is 13.8 Å². The molecule has 0 aliphatic carbocycles. The Balaban J connectivity index is 1.64. The third-order valence-corrected chi connectivity index (χ3v) is 2.79. The number of hydrogen-bond donors (Lipinski definition) is 1. The molecule has 0 aliphatic heterocycles. The van der Waals surface area contributed by atoms with Crippen LogP contribution < -0.4 is 5.32 Å². The minimum absolute atomic E-state index is 0.265. The number of rotatable bonds is 5. The molecule has 2 heterocycles. The highest BCUT2D eigenvalue weighted by atomic mass is 16.6. The first-order valence-electron chi connectivity index (χ1n) is 6.06. The number of anilines is 1. The fourth-order valence-electron chi connectivity index (χ4n) is 1.78. The van der Waals surface area contributed by atoms with Crippen molar-refractivity contribution in [3.63, 3.8) is 0 Å². The lowest BCUT2D eigenvalue weighted by atomic mass is 10.2. The van der Waals surface area contributed by atoms with Crippen LogP contribution in [-0.2, 0) is 6.54 Å². The summed E-state index contributed by atoms with van der Waals surface area (Å²) in [5.41, 5.74) is 1.66. The Bertz CT molecular complexity index is 734. The van der Waals surface area contributed by atoms with Crippen LogP contribution in [0.25, 0.3) is 11.5 Å². The summed E-state index contributed by atoms with van der Waals surface area (Å²) in [4.78, 5) is 9.94. The predicted octanol–water partition coefficient (Wildman–Crippen LogP) is 2.85. The van der Waals surface area contributed by atoms with E-state index >= 15 is 0 Å². The van der Waals surface area contributed by atoms with Crippen LogP contribution in [0.1, 0.15) is 5.76 Å². The molecular formula is C13H10N4O4. The smallest absolute Gasteiger partial charge is 0.423 e. The molecule has 106 valence electrons. The Morgan fingerprint density at radius 2 is 2.00 bits per heavy atom. The predicted molar refractivity (Wildman–Crippen MR) is 72.4 cm³/mol. The Kier molecular flexibility index (Phi) is 3.34. The van der Waals surface area contributed by atoms with Crippen LogP contribution in [0.3, 0.4) is 0 Å². The lowest BCUT2D eigenvalue weighted by Gasteiger charge is -2.04. The molecule has 1 aromatic carbocycles. The molecule has 0 bridgehead atoms. The van der Waals surface area contributed by atoms with Crippen LogP contribution in [0, 0.1) is 10.1 Å². The van der Waals surface area contributed by atoms with E-state index in [4.69, 9.17) is 8.83 Å². The largest absolute Gasteiger partial charge is 0.433 e. The molecule has 3 rings (SSSR count). The van der Waals surface area contributed by atoms with Crippen molar-refractivity contribution in [1.82, 2.24) is 10.2 Å². The third kappa shape index (κ3) is 2.89. The van der Waals surface area contributed by atoms with Crippen molar-refractivity contribution in [2.75, 3.05) is 5.32 Å². The second-order valence-corrected chi connectivity index (χ2v) is 4.17. The van der Waals surface area contributed by atoms with Crippen molar-refractivity contribution in [3.05, 3.63) is 58.7 Å². The zero-order chi connectivity index (χ0) is 14.7. The van der Waals surface area contributed by atoms with E-state index in [1.807, 2.05) is 24.3 Å². The number of nitro groups is 1. The number of hydrogen-bond acceptors (Lipinski definition) is 7. The second kappa shape index (κ2) is 5.45. The molecule has 3 aromatic rings. The summed E-state index contributed by atoms with van der Waals surface area (Å²) in [5.74, 6) is 0.671. The molecule has 8 heteroatoms. The maximum Gasteiger partial charge on any atom is 0.433 e. The van der Waals surface area contributed by atoms with E-state index in [-0.39, 0.29) is 5.88 Å². The van der Waals surface area contributed by atoms with E-state index in [1.54, 1.807) is 6.07 Å². The molecule has 0 saturated heterocycles. The van der Waals surface area contributed by atoms with Crippen molar-refractivity contribution in [1.29, 1.82) is 0 Å². The standard InChI is InChI=1S/C13H10N4O4/c18-17(19)12-6-5-11(21-12)7-14-10-3-1-9(2-4-10)13-16-15-8-20-13/h1-6,8,14H,7H2. The van der Waals surface area contributed by atoms with Crippen molar-refractivity contribution in [2.45, 2.75) is 6.54 Å². The van der Waals surface area contributed by atoms with E-state index in [9.17, 15) is 10.1 Å². The van der Waals surface area contributed by atoms with E-state index in [0.717, 1.165) is 11.3 Å². The molecule has 2 aromatic heterocycles. The Labute approximate surface area is 118 Å². The quantitative estimate of drug-likeness (QED) is 0.567. The number of nitrogens with zero attached hydrogens (tertiary/aromatic N) is 3. The molecule has 0 unspecified atom stereocenters. The van der Waals surface area contributed by atoms with Crippen molar-refractivity contribution in [2.24, 2.45) is 0 Å². The number of nitrogens with one attached hydrogen (secondary N) is 1. The maximum atomic E-state index is 10.5. The molecule has 1 N–H and O–H groups in total. The van der Waals surface area contributed by atoms with Gasteiger partial charge in [0, 0.05) is 11.3 Å². The van der Waals surface area contributed by atoms with Gasteiger partial charge >= 0.3 is 5.88 Å². The van der Waals surface area contributed by atoms with Crippen LogP contribution in [0.15, 0.2) is 51.6 Å². The SMILES string of the molecule is O=[N+]([O-])c1ccc(CNc2ccc(-c3nnco3)cc2)o1. The minimum atomic E-state index is -0.567. The fourth-order valence-corrected chi connectivity index (χ4v) is 1.78. The number of furan rings is 1. The van der Waals surface area contributed by atoms with Crippen LogP contribution in [0.2, 0.25) is 0 Å². The van der Waals surface area contributed by atoms with Gasteiger partial charge in [-0.25, -0.2) is 0 Å². The van der Waals surface area contributed by atoms with E-state index in [0.29, 0.717) is 18.2 Å². The molecule has 0 radical (unpaired) electrons. The third-order valence-electron chi connectivity index (χ3n) is 2.79. The van der Waals surface area contributed by atoms with Gasteiger partial charge in [-0.05, 0) is 30.3 Å². The highest BCUT2D eigenvalue weighted by Gasteiger charge is 2.11. The van der Waals surface area contributed by atoms with Crippen LogP contribution in [0.5, 0.6) is 0 Å². The summed E-state index contributed by atoms with van der Waals surface area (Å²) in [5, 5.41) is 21.0. The normalized spacial score (nSPS) is 10.5. The molecular weight excluding hydrogens is 276 g/mol. The lowest BCUT2D eigenvalue weighted by molar-refractivity contribution is -0.402. The molecule has 0 saturated carbocycles. The second-order valence-electron chi connectivity index (χ2n) is 4.17. The van der Waals surface area contributed by atoms with E-state index in [1.165, 1.54) is 12.5 Å². The fraction of sp³-hybridized carbons (Fsp3) is 0.0769. The summed E-state index contributed by atoms with van der Waals surface area (Å²) in [6, 6.07) is 10.3. The first-order valence-corrected chi connectivity index (χ1v) is 6.06. The van der Waals surface area contributed by atoms with Gasteiger partial charge in [-0.2, -0.15) is 0 Å². The Morgan fingerprint density at radius 1 is 1.19 bits per heavy atom. The van der Waals surface area contributed by atoms with Crippen LogP contribution in [-0.4, -0.2) is 15.1 Å². The summed E-state index contributed by atoms with van der Waals surface area (Å²) in [7, 11) is 0. The summed E-state index contributed by atoms with van der Waals surface area (Å²) >= 11 is 0. The van der Waals surface area contributed by atoms with Gasteiger partial charge in [0.2, 0.25) is 12.3 Å². The van der Waals surface area contributed by atoms with Crippen LogP contribution >= 0.6 is 0 Å². The highest BCUT2D eigenvalue weighted by Crippen LogP contribution is 2.20. The lowest BCUT2D eigenvalue weighted by Crippen LogP contribution is -1.97. The maximum absolute atomic E-state index is 10.5. The topological polar surface area (TPSA) is 107 Å². The Morgan fingerprint density at radius 3 is 2.62 bits per heavy atom. The van der Waals surface area contributed by atoms with Gasteiger partial charge in [-0.15, -0.1) is 10.2 Å². The molecule has 0 spiro atoms. The van der Waals surface area contributed by atoms with Gasteiger partial charge in [-0.1, -0.05) is 0 Å². The monoisotopic (exact) mass is 286 g/mol. The number of benzene rings is 1. The number of aromatic nitrogens is 2. The first-order chi connectivity index (χ1) is 10.2. The summed E-state index contributed by atoms with van der Waals surface area (Å²) < 4.78 is 10.1. The van der Waals surface area contributed by atoms with Crippen molar-refractivity contribution >= 4 is 11.6 Å². The van der Waals surface area contributed by atoms with Gasteiger partial charge in [0.05, 0.1) is 12.6 Å². The average molecular weight is 286 g/mol. The van der Waals surface area contributed by atoms with Gasteiger partial charge in [0.15, 0.2) is 0 Å². The van der Waals surface area contributed by atoms with Gasteiger partial charge < -0.3 is 14.2 Å². The van der Waals surface area contributed by atoms with E-state index in [2.05, 4.69) is 15.5 Å². The molecule has 0 fully saturated rings. The summed E-state index contributed by atoms with van der Waals surface area (Å²) in [6.07, 6.45) is 1.27. The summed E-state index contributed by atoms with van der Waals surface area (Å²) in [6.45, 7) is 0.355. The highest BCUT2D eigenvalue weighted by molar-refractivity contribution is 5.58. The Hall–Kier alpha value is -3.16. The zero-order valence-corrected chi connectivity index (χ0v) is 10.7. The molecule has 0 aliphatic rings. The molecule has 0 amide bonds. The first kappa shape index (κ1) is 12.9. The van der Waals surface area contributed by atoms with Crippen LogP contribution in [0.4, 0.5) is 11.6 Å². The zero-order valence-electron chi connectivity index (χ0n) is 10.7. The van der Waals surface area contributed by atoms with Gasteiger partial charge in [0.25, 0.3) is 0 Å². The van der Waals surface area contributed by atoms with Gasteiger partial charge in [-0.3, -0.25) is 10.1 Å². The molecule has 0 atom stereocenters. The average Bonchev–Trinajstić information content (AvgIpc) is 3.17. The van der Waals surface area contributed by atoms with Gasteiger partial charge in [0.1, 0.15) is 10.7 Å². The van der Waals surface area contributed by atoms with Crippen molar-refractivity contribution in [3.8, 4) is 11.5 Å².